The quantitative estimate of drug-likeness (QED) is 0.335. The van der Waals surface area contributed by atoms with E-state index in [0.29, 0.717) is 35.2 Å². The molecule has 0 saturated heterocycles. The molecule has 7 heteroatoms. The maximum absolute atomic E-state index is 13.7. The summed E-state index contributed by atoms with van der Waals surface area (Å²) in [6.07, 6.45) is 6.46. The van der Waals surface area contributed by atoms with Gasteiger partial charge in [0.2, 0.25) is 5.91 Å². The van der Waals surface area contributed by atoms with Crippen LogP contribution in [-0.2, 0) is 17.8 Å². The molecule has 1 aliphatic heterocycles. The van der Waals surface area contributed by atoms with Crippen molar-refractivity contribution >= 4 is 40.7 Å². The highest BCUT2D eigenvalue weighted by atomic mass is 35.5. The lowest BCUT2D eigenvalue weighted by molar-refractivity contribution is -0.118. The van der Waals surface area contributed by atoms with E-state index in [9.17, 15) is 9.59 Å². The highest BCUT2D eigenvalue weighted by Crippen LogP contribution is 2.27. The van der Waals surface area contributed by atoms with Crippen molar-refractivity contribution in [3.63, 3.8) is 0 Å². The minimum absolute atomic E-state index is 0.0278. The number of amides is 2. The maximum atomic E-state index is 13.7. The Labute approximate surface area is 235 Å². The zero-order valence-corrected chi connectivity index (χ0v) is 23.3. The summed E-state index contributed by atoms with van der Waals surface area (Å²) < 4.78 is 5.35. The Kier molecular flexibility index (Phi) is 10.1. The second-order valence-electron chi connectivity index (χ2n) is 9.71. The van der Waals surface area contributed by atoms with Gasteiger partial charge in [0, 0.05) is 40.9 Å². The summed E-state index contributed by atoms with van der Waals surface area (Å²) in [4.78, 5) is 31.1. The molecule has 0 atom stereocenters. The molecule has 38 heavy (non-hydrogen) atoms. The van der Waals surface area contributed by atoms with Gasteiger partial charge in [-0.25, -0.2) is 0 Å². The molecule has 1 aliphatic rings. The second kappa shape index (κ2) is 13.7. The zero-order chi connectivity index (χ0) is 26.9. The number of hydrogen-bond acceptors (Lipinski definition) is 3. The van der Waals surface area contributed by atoms with Crippen molar-refractivity contribution in [3.05, 3.63) is 93.5 Å². The minimum atomic E-state index is -0.117. The van der Waals surface area contributed by atoms with Crippen molar-refractivity contribution in [2.75, 3.05) is 25.1 Å². The molecule has 0 spiro atoms. The molecule has 0 fully saturated rings. The van der Waals surface area contributed by atoms with Crippen LogP contribution in [0.4, 0.5) is 5.69 Å². The SMILES string of the molecule is COc1cccc(CC(=O)N2CCCCCCCCN(C(=O)c3cc(Cl)cc(Cl)c3)Cc3ccccc32)c1. The van der Waals surface area contributed by atoms with E-state index >= 15 is 0 Å². The highest BCUT2D eigenvalue weighted by Gasteiger charge is 2.23. The summed E-state index contributed by atoms with van der Waals surface area (Å²) in [5.74, 6) is 0.643. The molecule has 4 rings (SSSR count). The number of anilines is 1. The average Bonchev–Trinajstić information content (AvgIpc) is 2.92. The molecule has 3 aromatic carbocycles. The number of rotatable bonds is 4. The number of ether oxygens (including phenoxy) is 1. The van der Waals surface area contributed by atoms with Gasteiger partial charge in [0.15, 0.2) is 0 Å². The molecule has 0 aromatic heterocycles. The van der Waals surface area contributed by atoms with Gasteiger partial charge in [0.1, 0.15) is 5.75 Å². The summed E-state index contributed by atoms with van der Waals surface area (Å²) in [5.41, 5.74) is 3.16. The largest absolute Gasteiger partial charge is 0.497 e. The highest BCUT2D eigenvalue weighted by molar-refractivity contribution is 6.35. The molecule has 3 aromatic rings. The van der Waals surface area contributed by atoms with Crippen molar-refractivity contribution < 1.29 is 14.3 Å². The molecule has 200 valence electrons. The van der Waals surface area contributed by atoms with E-state index in [1.807, 2.05) is 58.3 Å². The molecular formula is C31H34Cl2N2O3. The molecule has 0 aliphatic carbocycles. The molecule has 0 unspecified atom stereocenters. The molecular weight excluding hydrogens is 519 g/mol. The van der Waals surface area contributed by atoms with Crippen LogP contribution < -0.4 is 9.64 Å². The van der Waals surface area contributed by atoms with E-state index in [1.165, 1.54) is 0 Å². The van der Waals surface area contributed by atoms with Gasteiger partial charge in [0.05, 0.1) is 13.5 Å². The van der Waals surface area contributed by atoms with Crippen LogP contribution in [0.1, 0.15) is 60.0 Å². The van der Waals surface area contributed by atoms with Crippen LogP contribution in [-0.4, -0.2) is 36.9 Å². The molecule has 0 N–H and O–H groups in total. The van der Waals surface area contributed by atoms with E-state index in [1.54, 1.807) is 25.3 Å². The monoisotopic (exact) mass is 552 g/mol. The Morgan fingerprint density at radius 3 is 2.24 bits per heavy atom. The van der Waals surface area contributed by atoms with E-state index in [2.05, 4.69) is 0 Å². The molecule has 1 heterocycles. The smallest absolute Gasteiger partial charge is 0.254 e. The third kappa shape index (κ3) is 7.52. The second-order valence-corrected chi connectivity index (χ2v) is 10.6. The zero-order valence-electron chi connectivity index (χ0n) is 21.8. The van der Waals surface area contributed by atoms with E-state index in [4.69, 9.17) is 27.9 Å². The summed E-state index contributed by atoms with van der Waals surface area (Å²) in [6.45, 7) is 1.65. The summed E-state index contributed by atoms with van der Waals surface area (Å²) in [5, 5.41) is 0.864. The number of carbonyl (C=O) groups excluding carboxylic acids is 2. The van der Waals surface area contributed by atoms with Crippen LogP contribution in [0.25, 0.3) is 0 Å². The van der Waals surface area contributed by atoms with Crippen molar-refractivity contribution in [2.24, 2.45) is 0 Å². The van der Waals surface area contributed by atoms with Crippen LogP contribution in [0.5, 0.6) is 5.75 Å². The number of nitrogens with zero attached hydrogens (tertiary/aromatic N) is 2. The lowest BCUT2D eigenvalue weighted by Gasteiger charge is -2.29. The van der Waals surface area contributed by atoms with Crippen molar-refractivity contribution in [2.45, 2.75) is 51.5 Å². The summed E-state index contributed by atoms with van der Waals surface area (Å²) in [6, 6.07) is 20.5. The van der Waals surface area contributed by atoms with Crippen LogP contribution in [0.15, 0.2) is 66.7 Å². The summed E-state index contributed by atoms with van der Waals surface area (Å²) in [7, 11) is 1.63. The third-order valence-corrected chi connectivity index (χ3v) is 7.33. The normalized spacial score (nSPS) is 15.0. The molecule has 0 saturated carbocycles. The molecule has 5 nitrogen and oxygen atoms in total. The van der Waals surface area contributed by atoms with Gasteiger partial charge in [-0.1, -0.05) is 79.2 Å². The first-order valence-electron chi connectivity index (χ1n) is 13.2. The Morgan fingerprint density at radius 1 is 0.816 bits per heavy atom. The van der Waals surface area contributed by atoms with Gasteiger partial charge in [-0.15, -0.1) is 0 Å². The lowest BCUT2D eigenvalue weighted by Crippen LogP contribution is -2.36. The minimum Gasteiger partial charge on any atom is -0.497 e. The van der Waals surface area contributed by atoms with Crippen molar-refractivity contribution in [1.82, 2.24) is 4.90 Å². The van der Waals surface area contributed by atoms with Crippen LogP contribution in [0, 0.1) is 0 Å². The number of methoxy groups -OCH3 is 1. The average molecular weight is 554 g/mol. The van der Waals surface area contributed by atoms with Crippen molar-refractivity contribution in [3.8, 4) is 5.75 Å². The fourth-order valence-electron chi connectivity index (χ4n) is 4.94. The maximum Gasteiger partial charge on any atom is 0.254 e. The Balaban J connectivity index is 1.65. The van der Waals surface area contributed by atoms with E-state index in [-0.39, 0.29) is 18.2 Å². The van der Waals surface area contributed by atoms with Gasteiger partial charge in [-0.3, -0.25) is 9.59 Å². The van der Waals surface area contributed by atoms with Crippen LogP contribution >= 0.6 is 23.2 Å². The molecule has 0 bridgehead atoms. The van der Waals surface area contributed by atoms with Crippen LogP contribution in [0.3, 0.4) is 0 Å². The van der Waals surface area contributed by atoms with Crippen molar-refractivity contribution in [1.29, 1.82) is 0 Å². The number of halogens is 2. The fraction of sp³-hybridized carbons (Fsp3) is 0.355. The number of hydrogen-bond donors (Lipinski definition) is 0. The number of carbonyl (C=O) groups is 2. The van der Waals surface area contributed by atoms with Gasteiger partial charge in [-0.05, 0) is 60.4 Å². The van der Waals surface area contributed by atoms with E-state index in [0.717, 1.165) is 61.1 Å². The number of benzene rings is 3. The molecule has 0 radical (unpaired) electrons. The first-order chi connectivity index (χ1) is 18.4. The predicted octanol–water partition coefficient (Wildman–Crippen LogP) is 7.57. The van der Waals surface area contributed by atoms with Gasteiger partial charge < -0.3 is 14.5 Å². The lowest BCUT2D eigenvalue weighted by atomic mass is 10.1. The fourth-order valence-corrected chi connectivity index (χ4v) is 5.46. The van der Waals surface area contributed by atoms with Crippen LogP contribution in [0.2, 0.25) is 10.0 Å². The first-order valence-corrected chi connectivity index (χ1v) is 14.0. The molecule has 2 amide bonds. The number of fused-ring (bicyclic) bond motifs is 1. The number of para-hydroxylation sites is 1. The Bertz CT molecular complexity index is 1240. The topological polar surface area (TPSA) is 49.9 Å². The van der Waals surface area contributed by atoms with Gasteiger partial charge >= 0.3 is 0 Å². The third-order valence-electron chi connectivity index (χ3n) is 6.89. The Morgan fingerprint density at radius 2 is 1.50 bits per heavy atom. The van der Waals surface area contributed by atoms with E-state index < -0.39 is 0 Å². The van der Waals surface area contributed by atoms with Gasteiger partial charge in [0.25, 0.3) is 5.91 Å². The summed E-state index contributed by atoms with van der Waals surface area (Å²) >= 11 is 12.4. The first kappa shape index (κ1) is 28.0. The predicted molar refractivity (Wildman–Crippen MR) is 154 cm³/mol. The standard InChI is InChI=1S/C31H34Cl2N2O3/c1-38-28-13-10-11-23(17-28)18-30(36)35-16-9-5-3-2-4-8-15-34(22-24-12-6-7-14-29(24)35)31(37)25-19-26(32)21-27(33)20-25/h6-7,10-14,17,19-21H,2-5,8-9,15-16,18,22H2,1H3. The Hall–Kier alpha value is -3.02. The van der Waals surface area contributed by atoms with Gasteiger partial charge in [-0.2, -0.15) is 0 Å².